The average Bonchev–Trinajstić information content (AvgIpc) is 2.67. The Labute approximate surface area is 169 Å². The van der Waals surface area contributed by atoms with Gasteiger partial charge in [-0.1, -0.05) is 18.2 Å². The first-order valence-electron chi connectivity index (χ1n) is 9.03. The predicted molar refractivity (Wildman–Crippen MR) is 108 cm³/mol. The normalized spacial score (nSPS) is 10.6. The van der Waals surface area contributed by atoms with Gasteiger partial charge in [0.05, 0.1) is 12.8 Å². The Morgan fingerprint density at radius 1 is 1.03 bits per heavy atom. The van der Waals surface area contributed by atoms with Crippen LogP contribution in [0.25, 0.3) is 0 Å². The van der Waals surface area contributed by atoms with E-state index in [2.05, 4.69) is 10.5 Å². The van der Waals surface area contributed by atoms with Crippen molar-refractivity contribution in [2.75, 3.05) is 19.8 Å². The molecule has 0 bridgehead atoms. The molecule has 8 nitrogen and oxygen atoms in total. The van der Waals surface area contributed by atoms with Crippen LogP contribution >= 0.6 is 0 Å². The van der Waals surface area contributed by atoms with Crippen LogP contribution in [0.15, 0.2) is 41.5 Å². The monoisotopic (exact) mass is 400 g/mol. The second-order valence-corrected chi connectivity index (χ2v) is 6.12. The van der Waals surface area contributed by atoms with Crippen LogP contribution in [0.3, 0.4) is 0 Å². The fourth-order valence-electron chi connectivity index (χ4n) is 2.51. The third-order valence-electron chi connectivity index (χ3n) is 3.78. The number of carbonyl (C=O) groups excluding carboxylic acids is 1. The molecule has 0 atom stereocenters. The summed E-state index contributed by atoms with van der Waals surface area (Å²) in [4.78, 5) is 22.6. The van der Waals surface area contributed by atoms with Crippen LogP contribution in [-0.2, 0) is 9.59 Å². The van der Waals surface area contributed by atoms with Gasteiger partial charge in [0.15, 0.2) is 24.7 Å². The van der Waals surface area contributed by atoms with Gasteiger partial charge in [-0.2, -0.15) is 5.10 Å². The van der Waals surface area contributed by atoms with Crippen molar-refractivity contribution < 1.29 is 28.9 Å². The molecule has 0 aromatic heterocycles. The number of carbonyl (C=O) groups is 2. The lowest BCUT2D eigenvalue weighted by Crippen LogP contribution is -2.25. The summed E-state index contributed by atoms with van der Waals surface area (Å²) >= 11 is 0. The van der Waals surface area contributed by atoms with Crippen molar-refractivity contribution >= 4 is 18.1 Å². The first kappa shape index (κ1) is 21.7. The van der Waals surface area contributed by atoms with Gasteiger partial charge in [-0.05, 0) is 55.7 Å². The molecule has 0 aliphatic carbocycles. The lowest BCUT2D eigenvalue weighted by Gasteiger charge is -2.11. The lowest BCUT2D eigenvalue weighted by molar-refractivity contribution is -0.139. The Kier molecular flexibility index (Phi) is 8.02. The van der Waals surface area contributed by atoms with Crippen LogP contribution in [0, 0.1) is 13.8 Å². The zero-order valence-electron chi connectivity index (χ0n) is 16.6. The number of carboxylic acid groups (broad SMARTS) is 1. The number of nitrogens with one attached hydrogen (secondary N) is 1. The molecule has 2 aromatic rings. The van der Waals surface area contributed by atoms with Gasteiger partial charge in [0.2, 0.25) is 0 Å². The molecule has 0 spiro atoms. The number of benzene rings is 2. The highest BCUT2D eigenvalue weighted by molar-refractivity contribution is 5.83. The summed E-state index contributed by atoms with van der Waals surface area (Å²) in [6, 6.07) is 10.7. The van der Waals surface area contributed by atoms with E-state index in [9.17, 15) is 9.59 Å². The van der Waals surface area contributed by atoms with E-state index in [0.717, 1.165) is 11.1 Å². The van der Waals surface area contributed by atoms with Gasteiger partial charge in [0.25, 0.3) is 5.91 Å². The van der Waals surface area contributed by atoms with E-state index in [1.807, 2.05) is 32.0 Å². The minimum atomic E-state index is -1.08. The van der Waals surface area contributed by atoms with Gasteiger partial charge in [-0.3, -0.25) is 4.79 Å². The molecule has 2 rings (SSSR count). The van der Waals surface area contributed by atoms with E-state index in [-0.39, 0.29) is 6.61 Å². The number of hydrogen-bond donors (Lipinski definition) is 2. The molecule has 0 heterocycles. The molecule has 29 heavy (non-hydrogen) atoms. The largest absolute Gasteiger partial charge is 0.490 e. The Bertz CT molecular complexity index is 874. The molecule has 0 unspecified atom stereocenters. The fraction of sp³-hybridized carbons (Fsp3) is 0.286. The van der Waals surface area contributed by atoms with Crippen molar-refractivity contribution in [1.82, 2.24) is 5.43 Å². The molecule has 0 saturated carbocycles. The average molecular weight is 400 g/mol. The molecule has 2 aromatic carbocycles. The standard InChI is InChI=1S/C21H24N2O6/c1-4-27-18-10-16(8-9-17(18)28-13-20(25)26)11-22-23-19(24)12-29-21-14(2)6-5-7-15(21)3/h5-11H,4,12-13H2,1-3H3,(H,23,24)(H,25,26)/b22-11-. The van der Waals surface area contributed by atoms with Gasteiger partial charge in [-0.25, -0.2) is 10.2 Å². The molecule has 154 valence electrons. The molecule has 0 aliphatic rings. The number of aliphatic carboxylic acids is 1. The Balaban J connectivity index is 1.94. The molecule has 2 N–H and O–H groups in total. The Morgan fingerprint density at radius 2 is 1.76 bits per heavy atom. The van der Waals surface area contributed by atoms with Crippen LogP contribution in [0.1, 0.15) is 23.6 Å². The molecule has 0 aliphatic heterocycles. The Morgan fingerprint density at radius 3 is 2.41 bits per heavy atom. The third-order valence-corrected chi connectivity index (χ3v) is 3.78. The highest BCUT2D eigenvalue weighted by Crippen LogP contribution is 2.28. The minimum Gasteiger partial charge on any atom is -0.490 e. The van der Waals surface area contributed by atoms with Crippen molar-refractivity contribution in [3.63, 3.8) is 0 Å². The zero-order chi connectivity index (χ0) is 21.2. The second kappa shape index (κ2) is 10.7. The summed E-state index contributed by atoms with van der Waals surface area (Å²) in [6.07, 6.45) is 1.44. The molecule has 8 heteroatoms. The number of rotatable bonds is 10. The maximum atomic E-state index is 12.0. The molecule has 0 radical (unpaired) electrons. The highest BCUT2D eigenvalue weighted by atomic mass is 16.5. The summed E-state index contributed by atoms with van der Waals surface area (Å²) in [6.45, 7) is 5.39. The summed E-state index contributed by atoms with van der Waals surface area (Å²) in [5.74, 6) is -0.0796. The van der Waals surface area contributed by atoms with E-state index in [4.69, 9.17) is 19.3 Å². The van der Waals surface area contributed by atoms with E-state index in [0.29, 0.717) is 29.4 Å². The molecule has 0 fully saturated rings. The Hall–Kier alpha value is -3.55. The molecule has 1 amide bonds. The maximum absolute atomic E-state index is 12.0. The van der Waals surface area contributed by atoms with E-state index in [1.54, 1.807) is 25.1 Å². The first-order chi connectivity index (χ1) is 13.9. The number of para-hydroxylation sites is 1. The van der Waals surface area contributed by atoms with Crippen molar-refractivity contribution in [1.29, 1.82) is 0 Å². The SMILES string of the molecule is CCOc1cc(/C=N\NC(=O)COc2c(C)cccc2C)ccc1OCC(=O)O. The van der Waals surface area contributed by atoms with Gasteiger partial charge in [-0.15, -0.1) is 0 Å². The third kappa shape index (κ3) is 6.84. The maximum Gasteiger partial charge on any atom is 0.341 e. The first-order valence-corrected chi connectivity index (χ1v) is 9.03. The summed E-state index contributed by atoms with van der Waals surface area (Å²) < 4.78 is 16.2. The van der Waals surface area contributed by atoms with Crippen molar-refractivity contribution in [2.45, 2.75) is 20.8 Å². The predicted octanol–water partition coefficient (Wildman–Crippen LogP) is 2.69. The van der Waals surface area contributed by atoms with Gasteiger partial charge in [0, 0.05) is 0 Å². The van der Waals surface area contributed by atoms with Crippen molar-refractivity contribution in [3.8, 4) is 17.2 Å². The van der Waals surface area contributed by atoms with E-state index < -0.39 is 18.5 Å². The smallest absolute Gasteiger partial charge is 0.341 e. The van der Waals surface area contributed by atoms with E-state index in [1.165, 1.54) is 6.21 Å². The fourth-order valence-corrected chi connectivity index (χ4v) is 2.51. The van der Waals surface area contributed by atoms with Crippen molar-refractivity contribution in [2.24, 2.45) is 5.10 Å². The van der Waals surface area contributed by atoms with Crippen LogP contribution in [0.2, 0.25) is 0 Å². The molecular formula is C21H24N2O6. The topological polar surface area (TPSA) is 106 Å². The van der Waals surface area contributed by atoms with Crippen LogP contribution in [0.4, 0.5) is 0 Å². The minimum absolute atomic E-state index is 0.158. The van der Waals surface area contributed by atoms with Crippen LogP contribution in [0.5, 0.6) is 17.2 Å². The number of carboxylic acids is 1. The van der Waals surface area contributed by atoms with Gasteiger partial charge < -0.3 is 19.3 Å². The zero-order valence-corrected chi connectivity index (χ0v) is 16.6. The molecular weight excluding hydrogens is 376 g/mol. The van der Waals surface area contributed by atoms with Gasteiger partial charge >= 0.3 is 5.97 Å². The summed E-state index contributed by atoms with van der Waals surface area (Å²) in [5, 5.41) is 12.6. The number of nitrogens with zero attached hydrogens (tertiary/aromatic N) is 1. The summed E-state index contributed by atoms with van der Waals surface area (Å²) in [7, 11) is 0. The highest BCUT2D eigenvalue weighted by Gasteiger charge is 2.09. The second-order valence-electron chi connectivity index (χ2n) is 6.12. The van der Waals surface area contributed by atoms with E-state index >= 15 is 0 Å². The summed E-state index contributed by atoms with van der Waals surface area (Å²) in [5.41, 5.74) is 4.96. The van der Waals surface area contributed by atoms with Crippen LogP contribution < -0.4 is 19.6 Å². The lowest BCUT2D eigenvalue weighted by atomic mass is 10.1. The molecule has 0 saturated heterocycles. The number of ether oxygens (including phenoxy) is 3. The van der Waals surface area contributed by atoms with Crippen LogP contribution in [-0.4, -0.2) is 43.0 Å². The number of hydrogen-bond acceptors (Lipinski definition) is 6. The van der Waals surface area contributed by atoms with Gasteiger partial charge in [0.1, 0.15) is 5.75 Å². The van der Waals surface area contributed by atoms with Crippen molar-refractivity contribution in [3.05, 3.63) is 53.1 Å². The number of aryl methyl sites for hydroxylation is 2. The number of hydrazone groups is 1. The number of amides is 1. The quantitative estimate of drug-likeness (QED) is 0.469.